The SMILES string of the molecule is CC[CH2][Pt]([CH2]CC)([CH2]CC)[C]1(C[Si](OC)(OC)OC)C=CC=C1. The first-order valence-electron chi connectivity index (χ1n) is 8.57. The van der Waals surface area contributed by atoms with Crippen LogP contribution < -0.4 is 0 Å². The first-order chi connectivity index (χ1) is 11.0. The van der Waals surface area contributed by atoms with Gasteiger partial charge in [-0.25, -0.2) is 0 Å². The van der Waals surface area contributed by atoms with E-state index >= 15 is 0 Å². The molecule has 1 rings (SSSR count). The third-order valence-electron chi connectivity index (χ3n) is 4.25. The van der Waals surface area contributed by atoms with Gasteiger partial charge >= 0.3 is 148 Å². The zero-order chi connectivity index (χ0) is 17.4. The van der Waals surface area contributed by atoms with Gasteiger partial charge in [-0.15, -0.1) is 0 Å². The average Bonchev–Trinajstić information content (AvgIpc) is 3.03. The molecular formula is C18H36O3PtSi. The maximum atomic E-state index is 5.81. The fraction of sp³-hybridized carbons (Fsp3) is 0.778. The third-order valence-corrected chi connectivity index (χ3v) is 23.5. The Hall–Kier alpha value is 0.265. The van der Waals surface area contributed by atoms with Gasteiger partial charge in [-0.1, -0.05) is 0 Å². The van der Waals surface area contributed by atoms with Crippen molar-refractivity contribution in [1.29, 1.82) is 0 Å². The van der Waals surface area contributed by atoms with Crippen molar-refractivity contribution < 1.29 is 29.3 Å². The van der Waals surface area contributed by atoms with Crippen molar-refractivity contribution in [2.45, 2.75) is 64.3 Å². The number of rotatable bonds is 12. The molecular weight excluding hydrogens is 487 g/mol. The summed E-state index contributed by atoms with van der Waals surface area (Å²) < 4.78 is 17.6. The standard InChI is InChI=1S/C9H15O3Si.3C3H7.Pt/c1-10-13(11-2,12-3)8-9-6-4-5-7-9;3*1-3-2;/h4-7H,8H2,1-3H3;3*1,3H2,2H3;. The van der Waals surface area contributed by atoms with Crippen molar-refractivity contribution in [1.82, 2.24) is 0 Å². The van der Waals surface area contributed by atoms with Crippen LogP contribution in [0.3, 0.4) is 0 Å². The normalized spacial score (nSPS) is 17.8. The van der Waals surface area contributed by atoms with E-state index in [0.717, 1.165) is 6.04 Å². The second-order valence-corrected chi connectivity index (χ2v) is 20.1. The van der Waals surface area contributed by atoms with Gasteiger partial charge in [0, 0.05) is 0 Å². The second kappa shape index (κ2) is 9.67. The summed E-state index contributed by atoms with van der Waals surface area (Å²) in [5.41, 5.74) is 0. The first kappa shape index (κ1) is 21.3. The summed E-state index contributed by atoms with van der Waals surface area (Å²) in [7, 11) is 2.61. The molecule has 0 N–H and O–H groups in total. The van der Waals surface area contributed by atoms with Crippen LogP contribution in [0.1, 0.15) is 40.0 Å². The van der Waals surface area contributed by atoms with Gasteiger partial charge in [0.05, 0.1) is 0 Å². The summed E-state index contributed by atoms with van der Waals surface area (Å²) in [6.45, 7) is 7.02. The molecule has 0 bridgehead atoms. The van der Waals surface area contributed by atoms with Gasteiger partial charge in [0.25, 0.3) is 0 Å². The summed E-state index contributed by atoms with van der Waals surface area (Å²) in [6.07, 6.45) is 13.2. The van der Waals surface area contributed by atoms with Gasteiger partial charge in [-0.2, -0.15) is 0 Å². The molecule has 0 saturated heterocycles. The molecule has 0 fully saturated rings. The number of hydrogen-bond acceptors (Lipinski definition) is 3. The molecule has 0 aromatic rings. The van der Waals surface area contributed by atoms with Gasteiger partial charge in [-0.3, -0.25) is 0 Å². The molecule has 5 heteroatoms. The molecule has 0 radical (unpaired) electrons. The van der Waals surface area contributed by atoms with Gasteiger partial charge in [-0.05, 0) is 0 Å². The second-order valence-electron chi connectivity index (χ2n) is 5.84. The summed E-state index contributed by atoms with van der Waals surface area (Å²) in [5.74, 6) is 0. The van der Waals surface area contributed by atoms with Crippen molar-refractivity contribution in [2.75, 3.05) is 21.3 Å². The molecule has 0 saturated carbocycles. The molecule has 0 amide bonds. The molecule has 0 spiro atoms. The Morgan fingerprint density at radius 2 is 1.17 bits per heavy atom. The van der Waals surface area contributed by atoms with Gasteiger partial charge < -0.3 is 0 Å². The summed E-state index contributed by atoms with van der Waals surface area (Å²) in [6, 6.07) is 0.896. The quantitative estimate of drug-likeness (QED) is 0.303. The van der Waals surface area contributed by atoms with E-state index in [1.807, 2.05) is 0 Å². The van der Waals surface area contributed by atoms with Crippen LogP contribution in [0.4, 0.5) is 0 Å². The van der Waals surface area contributed by atoms with Crippen LogP contribution in [0.15, 0.2) is 24.3 Å². The van der Waals surface area contributed by atoms with Crippen LogP contribution in [0, 0.1) is 0 Å². The Bertz CT molecular complexity index is 368. The molecule has 0 aromatic heterocycles. The maximum absolute atomic E-state index is 5.81. The van der Waals surface area contributed by atoms with E-state index in [-0.39, 0.29) is 3.80 Å². The van der Waals surface area contributed by atoms with E-state index in [0.29, 0.717) is 0 Å². The van der Waals surface area contributed by atoms with Crippen LogP contribution in [0.2, 0.25) is 24.3 Å². The monoisotopic (exact) mass is 523 g/mol. The molecule has 1 aliphatic carbocycles. The molecule has 140 valence electrons. The topological polar surface area (TPSA) is 27.7 Å². The predicted octanol–water partition coefficient (Wildman–Crippen LogP) is 5.79. The van der Waals surface area contributed by atoms with Crippen LogP contribution in [0.5, 0.6) is 0 Å². The Morgan fingerprint density at radius 3 is 1.48 bits per heavy atom. The van der Waals surface area contributed by atoms with E-state index in [1.165, 1.54) is 33.7 Å². The van der Waals surface area contributed by atoms with Crippen molar-refractivity contribution in [3.8, 4) is 0 Å². The third kappa shape index (κ3) is 4.46. The average molecular weight is 524 g/mol. The van der Waals surface area contributed by atoms with Crippen LogP contribution >= 0.6 is 0 Å². The first-order valence-corrected chi connectivity index (χ1v) is 16.5. The zero-order valence-corrected chi connectivity index (χ0v) is 19.1. The molecule has 0 aromatic carbocycles. The molecule has 0 unspecified atom stereocenters. The Labute approximate surface area is 148 Å². The van der Waals surface area contributed by atoms with Gasteiger partial charge in [0.15, 0.2) is 0 Å². The summed E-state index contributed by atoms with van der Waals surface area (Å²) in [5, 5.41) is 0. The van der Waals surface area contributed by atoms with E-state index in [2.05, 4.69) is 45.1 Å². The van der Waals surface area contributed by atoms with Crippen molar-refractivity contribution >= 4 is 8.80 Å². The zero-order valence-electron chi connectivity index (χ0n) is 15.8. The van der Waals surface area contributed by atoms with Crippen LogP contribution in [-0.4, -0.2) is 30.1 Å². The molecule has 0 atom stereocenters. The van der Waals surface area contributed by atoms with Gasteiger partial charge in [0.2, 0.25) is 0 Å². The van der Waals surface area contributed by atoms with Crippen LogP contribution in [-0.2, 0) is 29.3 Å². The summed E-state index contributed by atoms with van der Waals surface area (Å²) >= 11 is -2.09. The van der Waals surface area contributed by atoms with Crippen LogP contribution in [0.25, 0.3) is 0 Å². The minimum atomic E-state index is -2.61. The number of hydrogen-bond donors (Lipinski definition) is 0. The van der Waals surface area contributed by atoms with Crippen molar-refractivity contribution in [3.05, 3.63) is 24.3 Å². The Morgan fingerprint density at radius 1 is 0.783 bits per heavy atom. The van der Waals surface area contributed by atoms with E-state index in [1.54, 1.807) is 21.3 Å². The minimum absolute atomic E-state index is 0.156. The van der Waals surface area contributed by atoms with Crippen molar-refractivity contribution in [3.63, 3.8) is 0 Å². The van der Waals surface area contributed by atoms with E-state index < -0.39 is 24.9 Å². The fourth-order valence-electron chi connectivity index (χ4n) is 3.31. The molecule has 1 aliphatic rings. The fourth-order valence-corrected chi connectivity index (χ4v) is 22.8. The van der Waals surface area contributed by atoms with E-state index in [4.69, 9.17) is 13.3 Å². The Balaban J connectivity index is 3.33. The number of allylic oxidation sites excluding steroid dienone is 4. The summed E-state index contributed by atoms with van der Waals surface area (Å²) in [4.78, 5) is 4.22. The van der Waals surface area contributed by atoms with E-state index in [9.17, 15) is 0 Å². The molecule has 0 heterocycles. The predicted molar refractivity (Wildman–Crippen MR) is 97.9 cm³/mol. The molecule has 3 nitrogen and oxygen atoms in total. The molecule has 0 aliphatic heterocycles. The molecule has 23 heavy (non-hydrogen) atoms. The Kier molecular flexibility index (Phi) is 8.96. The van der Waals surface area contributed by atoms with Gasteiger partial charge in [0.1, 0.15) is 0 Å². The van der Waals surface area contributed by atoms with Crippen molar-refractivity contribution in [2.24, 2.45) is 0 Å².